The quantitative estimate of drug-likeness (QED) is 0.178. The number of hydrogen-bond donors (Lipinski definition) is 0. The number of fused-ring (bicyclic) bond motifs is 6. The number of benzene rings is 9. The maximum Gasteiger partial charge on any atom is 0.0468 e. The van der Waals surface area contributed by atoms with E-state index in [1.165, 1.54) is 65.3 Å². The molecular formula is C46H31N. The second kappa shape index (κ2) is 11.3. The van der Waals surface area contributed by atoms with Crippen molar-refractivity contribution in [3.05, 3.63) is 188 Å². The lowest BCUT2D eigenvalue weighted by atomic mass is 9.96. The molecule has 0 amide bonds. The fourth-order valence-electron chi connectivity index (χ4n) is 7.10. The van der Waals surface area contributed by atoms with Gasteiger partial charge in [-0.3, -0.25) is 0 Å². The van der Waals surface area contributed by atoms with Crippen LogP contribution in [0.25, 0.3) is 65.3 Å². The molecule has 47 heavy (non-hydrogen) atoms. The van der Waals surface area contributed by atoms with Gasteiger partial charge in [0.05, 0.1) is 0 Å². The molecule has 0 N–H and O–H groups in total. The van der Waals surface area contributed by atoms with Crippen LogP contribution >= 0.6 is 0 Å². The van der Waals surface area contributed by atoms with Crippen LogP contribution in [0.1, 0.15) is 0 Å². The second-order valence-corrected chi connectivity index (χ2v) is 12.2. The minimum atomic E-state index is 1.12. The molecule has 0 aliphatic rings. The van der Waals surface area contributed by atoms with Gasteiger partial charge in [-0.1, -0.05) is 152 Å². The summed E-state index contributed by atoms with van der Waals surface area (Å²) in [6, 6.07) is 68.2. The van der Waals surface area contributed by atoms with Gasteiger partial charge in [-0.05, 0) is 102 Å². The van der Waals surface area contributed by atoms with Crippen LogP contribution in [0.2, 0.25) is 0 Å². The van der Waals surface area contributed by atoms with Crippen molar-refractivity contribution in [1.29, 1.82) is 0 Å². The average molecular weight is 598 g/mol. The van der Waals surface area contributed by atoms with Crippen molar-refractivity contribution in [3.63, 3.8) is 0 Å². The van der Waals surface area contributed by atoms with Crippen molar-refractivity contribution in [2.24, 2.45) is 0 Å². The maximum atomic E-state index is 2.37. The second-order valence-electron chi connectivity index (χ2n) is 12.2. The summed E-state index contributed by atoms with van der Waals surface area (Å²) in [7, 11) is 0. The van der Waals surface area contributed by atoms with Crippen LogP contribution in [0.3, 0.4) is 0 Å². The summed E-state index contributed by atoms with van der Waals surface area (Å²) in [5.41, 5.74) is 8.25. The molecule has 0 aromatic heterocycles. The van der Waals surface area contributed by atoms with Crippen LogP contribution in [0, 0.1) is 0 Å². The summed E-state index contributed by atoms with van der Waals surface area (Å²) in [6.45, 7) is 0. The highest BCUT2D eigenvalue weighted by Gasteiger charge is 2.15. The molecule has 9 rings (SSSR count). The normalized spacial score (nSPS) is 11.4. The highest BCUT2D eigenvalue weighted by molar-refractivity contribution is 6.17. The molecule has 0 bridgehead atoms. The summed E-state index contributed by atoms with van der Waals surface area (Å²) < 4.78 is 0. The molecule has 0 spiro atoms. The van der Waals surface area contributed by atoms with Gasteiger partial charge in [0.2, 0.25) is 0 Å². The molecule has 1 nitrogen and oxygen atoms in total. The largest absolute Gasteiger partial charge is 0.310 e. The first-order chi connectivity index (χ1) is 23.3. The van der Waals surface area contributed by atoms with E-state index in [0.717, 1.165) is 17.1 Å². The van der Waals surface area contributed by atoms with Gasteiger partial charge in [0.25, 0.3) is 0 Å². The molecule has 0 unspecified atom stereocenters. The highest BCUT2D eigenvalue weighted by Crippen LogP contribution is 2.40. The summed E-state index contributed by atoms with van der Waals surface area (Å²) in [6.07, 6.45) is 0. The van der Waals surface area contributed by atoms with Crippen LogP contribution in [-0.2, 0) is 0 Å². The van der Waals surface area contributed by atoms with Gasteiger partial charge in [0, 0.05) is 17.1 Å². The Kier molecular flexibility index (Phi) is 6.54. The SMILES string of the molecule is c1ccc(-c2ccc(N(c3ccc(-c4cccc5ccccc45)cc3)c3ccc4c(ccc5c6ccccc6ccc45)c3)cc2)cc1. The topological polar surface area (TPSA) is 3.24 Å². The lowest BCUT2D eigenvalue weighted by Crippen LogP contribution is -2.09. The van der Waals surface area contributed by atoms with E-state index in [1.807, 2.05) is 0 Å². The Hall–Kier alpha value is -6.18. The third kappa shape index (κ3) is 4.81. The summed E-state index contributed by atoms with van der Waals surface area (Å²) >= 11 is 0. The Labute approximate surface area is 274 Å². The number of hydrogen-bond acceptors (Lipinski definition) is 1. The number of anilines is 3. The third-order valence-electron chi connectivity index (χ3n) is 9.44. The van der Waals surface area contributed by atoms with Gasteiger partial charge in [0.1, 0.15) is 0 Å². The molecule has 9 aromatic rings. The van der Waals surface area contributed by atoms with Crippen LogP contribution < -0.4 is 4.90 Å². The van der Waals surface area contributed by atoms with Crippen LogP contribution in [-0.4, -0.2) is 0 Å². The van der Waals surface area contributed by atoms with Crippen molar-refractivity contribution in [1.82, 2.24) is 0 Å². The van der Waals surface area contributed by atoms with Crippen LogP contribution in [0.15, 0.2) is 188 Å². The van der Waals surface area contributed by atoms with E-state index in [0.29, 0.717) is 0 Å². The van der Waals surface area contributed by atoms with Crippen molar-refractivity contribution in [2.45, 2.75) is 0 Å². The molecule has 220 valence electrons. The zero-order valence-electron chi connectivity index (χ0n) is 25.8. The van der Waals surface area contributed by atoms with E-state index < -0.39 is 0 Å². The summed E-state index contributed by atoms with van der Waals surface area (Å²) in [4.78, 5) is 2.37. The molecule has 0 fully saturated rings. The minimum Gasteiger partial charge on any atom is -0.310 e. The molecule has 0 heterocycles. The molecule has 1 heteroatoms. The van der Waals surface area contributed by atoms with E-state index in [4.69, 9.17) is 0 Å². The lowest BCUT2D eigenvalue weighted by Gasteiger charge is -2.26. The Morgan fingerprint density at radius 2 is 0.745 bits per heavy atom. The van der Waals surface area contributed by atoms with E-state index in [2.05, 4.69) is 193 Å². The molecule has 0 radical (unpaired) electrons. The standard InChI is InChI=1S/C46H31N/c1-2-9-32(10-3-1)33-17-23-38(24-18-33)47(39-25-19-36(20-26-39)42-16-8-13-34-11-4-6-14-41(34)42)40-27-30-44-37(31-40)22-29-45-43-15-7-5-12-35(43)21-28-46(44)45/h1-31H. The van der Waals surface area contributed by atoms with E-state index in [-0.39, 0.29) is 0 Å². The maximum absolute atomic E-state index is 2.37. The van der Waals surface area contributed by atoms with Crippen molar-refractivity contribution in [3.8, 4) is 22.3 Å². The van der Waals surface area contributed by atoms with Gasteiger partial charge >= 0.3 is 0 Å². The minimum absolute atomic E-state index is 1.12. The molecule has 9 aromatic carbocycles. The highest BCUT2D eigenvalue weighted by atomic mass is 15.1. The first-order valence-electron chi connectivity index (χ1n) is 16.2. The number of nitrogens with zero attached hydrogens (tertiary/aromatic N) is 1. The van der Waals surface area contributed by atoms with Crippen molar-refractivity contribution < 1.29 is 0 Å². The van der Waals surface area contributed by atoms with Crippen LogP contribution in [0.5, 0.6) is 0 Å². The summed E-state index contributed by atoms with van der Waals surface area (Å²) in [5.74, 6) is 0. The third-order valence-corrected chi connectivity index (χ3v) is 9.44. The van der Waals surface area contributed by atoms with E-state index >= 15 is 0 Å². The van der Waals surface area contributed by atoms with Gasteiger partial charge in [-0.2, -0.15) is 0 Å². The van der Waals surface area contributed by atoms with Gasteiger partial charge in [-0.25, -0.2) is 0 Å². The fraction of sp³-hybridized carbons (Fsp3) is 0. The molecular weight excluding hydrogens is 567 g/mol. The van der Waals surface area contributed by atoms with Gasteiger partial charge < -0.3 is 4.90 Å². The average Bonchev–Trinajstić information content (AvgIpc) is 3.15. The lowest BCUT2D eigenvalue weighted by molar-refractivity contribution is 1.29. The Morgan fingerprint density at radius 1 is 0.255 bits per heavy atom. The van der Waals surface area contributed by atoms with Gasteiger partial charge in [0.15, 0.2) is 0 Å². The number of rotatable bonds is 5. The Morgan fingerprint density at radius 3 is 1.47 bits per heavy atom. The smallest absolute Gasteiger partial charge is 0.0468 e. The Bertz CT molecular complexity index is 2540. The first-order valence-corrected chi connectivity index (χ1v) is 16.2. The van der Waals surface area contributed by atoms with E-state index in [1.54, 1.807) is 0 Å². The molecule has 0 aliphatic heterocycles. The predicted octanol–water partition coefficient (Wildman–Crippen LogP) is 13.1. The molecule has 0 saturated carbocycles. The predicted molar refractivity (Wildman–Crippen MR) is 202 cm³/mol. The zero-order valence-corrected chi connectivity index (χ0v) is 25.8. The van der Waals surface area contributed by atoms with Crippen molar-refractivity contribution >= 4 is 60.2 Å². The molecule has 0 atom stereocenters. The fourth-order valence-corrected chi connectivity index (χ4v) is 7.10. The summed E-state index contributed by atoms with van der Waals surface area (Å²) in [5, 5.41) is 10.2. The monoisotopic (exact) mass is 597 g/mol. The van der Waals surface area contributed by atoms with Crippen LogP contribution in [0.4, 0.5) is 17.1 Å². The first kappa shape index (κ1) is 27.2. The Balaban J connectivity index is 1.17. The van der Waals surface area contributed by atoms with E-state index in [9.17, 15) is 0 Å². The molecule has 0 saturated heterocycles. The van der Waals surface area contributed by atoms with Crippen molar-refractivity contribution in [2.75, 3.05) is 4.90 Å². The zero-order chi connectivity index (χ0) is 31.2. The van der Waals surface area contributed by atoms with Gasteiger partial charge in [-0.15, -0.1) is 0 Å². The molecule has 0 aliphatic carbocycles.